The molecule has 5 aliphatic rings. The molecule has 1 unspecified atom stereocenters. The molecule has 1 saturated heterocycles. The lowest BCUT2D eigenvalue weighted by Crippen LogP contribution is -2.69. The predicted molar refractivity (Wildman–Crippen MR) is 193 cm³/mol. The van der Waals surface area contributed by atoms with Gasteiger partial charge in [-0.15, -0.1) is 0 Å². The number of ether oxygens (including phenoxy) is 2. The van der Waals surface area contributed by atoms with E-state index in [2.05, 4.69) is 78.7 Å². The van der Waals surface area contributed by atoms with Crippen molar-refractivity contribution in [1.29, 1.82) is 0 Å². The number of carbonyl (C=O) groups is 2. The first-order chi connectivity index (χ1) is 23.2. The zero-order valence-electron chi connectivity index (χ0n) is 32.6. The number of hydrogen-bond acceptors (Lipinski definition) is 7. The number of nitrogens with one attached hydrogen (secondary N) is 1. The van der Waals surface area contributed by atoms with Crippen LogP contribution in [-0.2, 0) is 14.3 Å². The summed E-state index contributed by atoms with van der Waals surface area (Å²) >= 11 is 0. The SMILES string of the molecule is CNC(=O)c1ncnn1[C@@H]1CC23COC[C@@](C)([C@@H]2CC[C@H]2C3=CC[C@@]3(C)[C@H](C(=O)O)[C@@](C)([C@H](C)C(C)C)CC[C@]23C)[C@H]1OC[C@](C)(N)C(C)C. The number of nitrogens with two attached hydrogens (primary N) is 1. The van der Waals surface area contributed by atoms with Gasteiger partial charge in [0, 0.05) is 23.4 Å². The van der Waals surface area contributed by atoms with Crippen LogP contribution in [0.25, 0.3) is 0 Å². The van der Waals surface area contributed by atoms with Gasteiger partial charge in [0.1, 0.15) is 6.33 Å². The molecule has 4 fully saturated rings. The summed E-state index contributed by atoms with van der Waals surface area (Å²) in [4.78, 5) is 31.1. The fourth-order valence-corrected chi connectivity index (χ4v) is 12.3. The third kappa shape index (κ3) is 5.11. The number of aromatic nitrogens is 3. The van der Waals surface area contributed by atoms with Gasteiger partial charge in [-0.25, -0.2) is 9.67 Å². The largest absolute Gasteiger partial charge is 0.481 e. The lowest BCUT2D eigenvalue weighted by Gasteiger charge is -2.71. The minimum absolute atomic E-state index is 0.189. The van der Waals surface area contributed by atoms with Crippen molar-refractivity contribution in [2.24, 2.45) is 68.3 Å². The molecule has 0 spiro atoms. The predicted octanol–water partition coefficient (Wildman–Crippen LogP) is 6.53. The molecule has 1 aromatic heterocycles. The van der Waals surface area contributed by atoms with Crippen LogP contribution < -0.4 is 11.1 Å². The van der Waals surface area contributed by atoms with Crippen molar-refractivity contribution in [3.05, 3.63) is 23.8 Å². The van der Waals surface area contributed by atoms with Crippen LogP contribution >= 0.6 is 0 Å². The van der Waals surface area contributed by atoms with Crippen molar-refractivity contribution in [2.75, 3.05) is 26.9 Å². The molecule has 280 valence electrons. The van der Waals surface area contributed by atoms with Crippen LogP contribution in [0.1, 0.15) is 124 Å². The van der Waals surface area contributed by atoms with E-state index in [9.17, 15) is 14.7 Å². The van der Waals surface area contributed by atoms with Crippen LogP contribution in [-0.4, -0.2) is 70.3 Å². The molecular weight excluding hydrogens is 630 g/mol. The van der Waals surface area contributed by atoms with Crippen LogP contribution in [0.15, 0.2) is 18.0 Å². The molecule has 0 radical (unpaired) electrons. The molecule has 0 aromatic carbocycles. The highest BCUT2D eigenvalue weighted by Gasteiger charge is 2.72. The summed E-state index contributed by atoms with van der Waals surface area (Å²) in [5.41, 5.74) is 6.15. The fourth-order valence-electron chi connectivity index (χ4n) is 12.3. The second kappa shape index (κ2) is 12.4. The monoisotopic (exact) mass is 695 g/mol. The number of nitrogens with zero attached hydrogens (tertiary/aromatic N) is 3. The van der Waals surface area contributed by atoms with Gasteiger partial charge in [0.2, 0.25) is 5.82 Å². The van der Waals surface area contributed by atoms with Gasteiger partial charge >= 0.3 is 5.97 Å². The first-order valence-electron chi connectivity index (χ1n) is 19.3. The average molecular weight is 696 g/mol. The van der Waals surface area contributed by atoms with Crippen LogP contribution in [0.5, 0.6) is 0 Å². The highest BCUT2D eigenvalue weighted by molar-refractivity contribution is 5.90. The Morgan fingerprint density at radius 1 is 1.12 bits per heavy atom. The van der Waals surface area contributed by atoms with Gasteiger partial charge in [0.25, 0.3) is 5.91 Å². The maximum Gasteiger partial charge on any atom is 0.307 e. The minimum Gasteiger partial charge on any atom is -0.481 e. The topological polar surface area (TPSA) is 142 Å². The van der Waals surface area contributed by atoms with Gasteiger partial charge in [-0.2, -0.15) is 5.10 Å². The maximum atomic E-state index is 13.5. The number of carbonyl (C=O) groups excluding carboxylic acids is 1. The molecule has 50 heavy (non-hydrogen) atoms. The van der Waals surface area contributed by atoms with Crippen molar-refractivity contribution < 1.29 is 24.2 Å². The molecule has 12 atom stereocenters. The molecule has 6 rings (SSSR count). The molecule has 1 aromatic rings. The normalized spacial score (nSPS) is 42.8. The molecule has 4 N–H and O–H groups in total. The van der Waals surface area contributed by atoms with E-state index in [1.165, 1.54) is 11.9 Å². The van der Waals surface area contributed by atoms with Crippen LogP contribution in [0, 0.1) is 62.6 Å². The van der Waals surface area contributed by atoms with Crippen molar-refractivity contribution in [1.82, 2.24) is 20.1 Å². The number of rotatable bonds is 9. The van der Waals surface area contributed by atoms with E-state index in [4.69, 9.17) is 20.3 Å². The van der Waals surface area contributed by atoms with Crippen molar-refractivity contribution in [3.63, 3.8) is 0 Å². The van der Waals surface area contributed by atoms with Gasteiger partial charge in [0.05, 0.1) is 37.9 Å². The zero-order chi connectivity index (χ0) is 36.8. The summed E-state index contributed by atoms with van der Waals surface area (Å²) in [6.07, 6.45) is 9.01. The highest BCUT2D eigenvalue weighted by Crippen LogP contribution is 2.75. The molecule has 1 amide bonds. The van der Waals surface area contributed by atoms with Crippen LogP contribution in [0.4, 0.5) is 0 Å². The summed E-state index contributed by atoms with van der Waals surface area (Å²) < 4.78 is 15.5. The summed E-state index contributed by atoms with van der Waals surface area (Å²) in [7, 11) is 1.62. The van der Waals surface area contributed by atoms with Gasteiger partial charge in [0.15, 0.2) is 0 Å². The van der Waals surface area contributed by atoms with Crippen LogP contribution in [0.2, 0.25) is 0 Å². The van der Waals surface area contributed by atoms with Crippen LogP contribution in [0.3, 0.4) is 0 Å². The molecule has 4 aliphatic carbocycles. The number of carboxylic acids is 1. The summed E-state index contributed by atoms with van der Waals surface area (Å²) in [6, 6.07) is -0.271. The Kier molecular flexibility index (Phi) is 9.29. The number of allylic oxidation sites excluding steroid dienone is 1. The molecular formula is C40H65N5O5. The standard InChI is InChI=1S/C40H65N5O5/c1-23(2)25(5)35(6)16-17-37(8)26-12-13-29-36(7)19-49-21-40(29,27(26)14-15-38(37,9)30(35)34(47)48)18-28(31(36)50-20-39(10,41)24(3)4)45-32(33(46)42-11)43-22-44-45/h14,22-26,28-31H,12-13,15-21,41H2,1-11H3,(H,42,46)(H,47,48)/t25-,26+,28-,29+,30-,31+,35-,36+,37-,38+,39+,40?/m1/s1. The maximum absolute atomic E-state index is 13.5. The number of hydrogen-bond donors (Lipinski definition) is 3. The molecule has 3 saturated carbocycles. The minimum atomic E-state index is -0.648. The molecule has 1 aliphatic heterocycles. The third-order valence-corrected chi connectivity index (χ3v) is 16.3. The molecule has 2 bridgehead atoms. The van der Waals surface area contributed by atoms with Gasteiger partial charge in [-0.05, 0) is 91.3 Å². The fraction of sp³-hybridized carbons (Fsp3) is 0.850. The van der Waals surface area contributed by atoms with E-state index in [0.29, 0.717) is 38.1 Å². The second-order valence-electron chi connectivity index (χ2n) is 19.1. The number of fused-ring (bicyclic) bond motifs is 3. The first-order valence-corrected chi connectivity index (χ1v) is 19.3. The van der Waals surface area contributed by atoms with Crippen molar-refractivity contribution >= 4 is 11.9 Å². The van der Waals surface area contributed by atoms with Crippen molar-refractivity contribution in [3.8, 4) is 0 Å². The summed E-state index contributed by atoms with van der Waals surface area (Å²) in [5.74, 6) is 0.342. The molecule has 2 heterocycles. The number of amides is 1. The van der Waals surface area contributed by atoms with Crippen molar-refractivity contribution in [2.45, 2.75) is 125 Å². The molecule has 10 nitrogen and oxygen atoms in total. The van der Waals surface area contributed by atoms with E-state index in [0.717, 1.165) is 32.1 Å². The van der Waals surface area contributed by atoms with Gasteiger partial charge < -0.3 is 25.6 Å². The summed E-state index contributed by atoms with van der Waals surface area (Å²) in [5, 5.41) is 18.5. The lowest BCUT2D eigenvalue weighted by atomic mass is 9.34. The van der Waals surface area contributed by atoms with Gasteiger partial charge in [-0.3, -0.25) is 9.59 Å². The number of carboxylic acid groups (broad SMARTS) is 1. The Morgan fingerprint density at radius 3 is 2.44 bits per heavy atom. The van der Waals surface area contributed by atoms with E-state index in [1.807, 2.05) is 11.6 Å². The molecule has 10 heteroatoms. The second-order valence-corrected chi connectivity index (χ2v) is 19.1. The Hall–Kier alpha value is -2.30. The zero-order valence-corrected chi connectivity index (χ0v) is 32.6. The Labute approximate surface area is 300 Å². The average Bonchev–Trinajstić information content (AvgIpc) is 3.53. The Bertz CT molecular complexity index is 1520. The summed E-state index contributed by atoms with van der Waals surface area (Å²) in [6.45, 7) is 23.8. The van der Waals surface area contributed by atoms with Gasteiger partial charge in [-0.1, -0.05) is 74.0 Å². The first kappa shape index (κ1) is 37.5. The quantitative estimate of drug-likeness (QED) is 0.248. The third-order valence-electron chi connectivity index (χ3n) is 16.3. The smallest absolute Gasteiger partial charge is 0.307 e. The Balaban J connectivity index is 1.48. The van der Waals surface area contributed by atoms with E-state index < -0.39 is 22.8 Å². The van der Waals surface area contributed by atoms with E-state index >= 15 is 0 Å². The van der Waals surface area contributed by atoms with E-state index in [-0.39, 0.29) is 63.3 Å². The number of aliphatic carboxylic acids is 1. The van der Waals surface area contributed by atoms with E-state index in [1.54, 1.807) is 7.05 Å². The lowest BCUT2D eigenvalue weighted by molar-refractivity contribution is -0.252. The highest BCUT2D eigenvalue weighted by atomic mass is 16.5. The Morgan fingerprint density at radius 2 is 1.82 bits per heavy atom.